The van der Waals surface area contributed by atoms with Gasteiger partial charge in [0.05, 0.1) is 13.0 Å². The minimum Gasteiger partial charge on any atom is -0.493 e. The lowest BCUT2D eigenvalue weighted by Crippen LogP contribution is -2.15. The first kappa shape index (κ1) is 14.9. The van der Waals surface area contributed by atoms with Crippen LogP contribution in [-0.4, -0.2) is 12.5 Å². The summed E-state index contributed by atoms with van der Waals surface area (Å²) in [6, 6.07) is 13.1. The van der Waals surface area contributed by atoms with E-state index in [1.54, 1.807) is 24.3 Å². The average molecular weight is 284 g/mol. The summed E-state index contributed by atoms with van der Waals surface area (Å²) in [7, 11) is 0. The summed E-state index contributed by atoms with van der Waals surface area (Å²) in [6.45, 7) is 4.38. The summed E-state index contributed by atoms with van der Waals surface area (Å²) in [6.07, 6.45) is 0.294. The Bertz CT molecular complexity index is 638. The molecular formula is C17H20N2O2. The van der Waals surface area contributed by atoms with Gasteiger partial charge in [0.25, 0.3) is 0 Å². The third-order valence-corrected chi connectivity index (χ3v) is 3.09. The predicted octanol–water partition coefficient (Wildman–Crippen LogP) is 3.29. The van der Waals surface area contributed by atoms with E-state index in [1.165, 1.54) is 5.56 Å². The van der Waals surface area contributed by atoms with Gasteiger partial charge in [-0.2, -0.15) is 0 Å². The second-order valence-electron chi connectivity index (χ2n) is 5.04. The molecule has 0 heterocycles. The molecule has 0 aliphatic rings. The molecule has 0 bridgehead atoms. The van der Waals surface area contributed by atoms with Crippen LogP contribution in [0.15, 0.2) is 42.5 Å². The molecule has 0 saturated carbocycles. The van der Waals surface area contributed by atoms with Crippen LogP contribution < -0.4 is 15.8 Å². The molecule has 110 valence electrons. The van der Waals surface area contributed by atoms with Crippen LogP contribution in [0.25, 0.3) is 0 Å². The molecule has 0 unspecified atom stereocenters. The third-order valence-electron chi connectivity index (χ3n) is 3.09. The Balaban J connectivity index is 1.81. The smallest absolute Gasteiger partial charge is 0.227 e. The minimum absolute atomic E-state index is 0.0923. The van der Waals surface area contributed by atoms with Crippen LogP contribution in [0, 0.1) is 13.8 Å². The molecule has 2 aromatic carbocycles. The standard InChI is InChI=1S/C17H20N2O2/c1-12-6-7-16(13(2)10-12)21-9-8-17(20)19-15-5-3-4-14(18)11-15/h3-7,10-11H,8-9,18H2,1-2H3,(H,19,20). The number of carbonyl (C=O) groups excluding carboxylic acids is 1. The highest BCUT2D eigenvalue weighted by Gasteiger charge is 2.05. The third kappa shape index (κ3) is 4.53. The van der Waals surface area contributed by atoms with Gasteiger partial charge in [-0.05, 0) is 43.7 Å². The zero-order chi connectivity index (χ0) is 15.2. The predicted molar refractivity (Wildman–Crippen MR) is 85.5 cm³/mol. The maximum atomic E-state index is 11.8. The molecule has 0 radical (unpaired) electrons. The molecule has 4 nitrogen and oxygen atoms in total. The summed E-state index contributed by atoms with van der Waals surface area (Å²) >= 11 is 0. The van der Waals surface area contributed by atoms with Crippen molar-refractivity contribution >= 4 is 17.3 Å². The van der Waals surface area contributed by atoms with Crippen LogP contribution in [0.1, 0.15) is 17.5 Å². The van der Waals surface area contributed by atoms with Crippen molar-refractivity contribution in [1.82, 2.24) is 0 Å². The number of rotatable bonds is 5. The Kier molecular flexibility index (Phi) is 4.82. The van der Waals surface area contributed by atoms with Crippen molar-refractivity contribution in [3.63, 3.8) is 0 Å². The van der Waals surface area contributed by atoms with E-state index >= 15 is 0 Å². The van der Waals surface area contributed by atoms with Crippen LogP contribution in [0.4, 0.5) is 11.4 Å². The fraction of sp³-hybridized carbons (Fsp3) is 0.235. The number of benzene rings is 2. The number of carbonyl (C=O) groups is 1. The monoisotopic (exact) mass is 284 g/mol. The van der Waals surface area contributed by atoms with Gasteiger partial charge in [-0.15, -0.1) is 0 Å². The number of hydrogen-bond donors (Lipinski definition) is 2. The van der Waals surface area contributed by atoms with Gasteiger partial charge < -0.3 is 15.8 Å². The molecule has 0 aromatic heterocycles. The molecule has 21 heavy (non-hydrogen) atoms. The lowest BCUT2D eigenvalue weighted by molar-refractivity contribution is -0.116. The average Bonchev–Trinajstić information content (AvgIpc) is 2.41. The number of anilines is 2. The molecule has 2 rings (SSSR count). The summed E-state index contributed by atoms with van der Waals surface area (Å²) in [5.74, 6) is 0.725. The molecule has 3 N–H and O–H groups in total. The lowest BCUT2D eigenvalue weighted by atomic mass is 10.1. The number of aryl methyl sites for hydroxylation is 2. The zero-order valence-corrected chi connectivity index (χ0v) is 12.3. The topological polar surface area (TPSA) is 64.3 Å². The van der Waals surface area contributed by atoms with E-state index in [0.29, 0.717) is 24.4 Å². The summed E-state index contributed by atoms with van der Waals surface area (Å²) < 4.78 is 5.64. The van der Waals surface area contributed by atoms with Crippen molar-refractivity contribution in [1.29, 1.82) is 0 Å². The Hall–Kier alpha value is -2.49. The van der Waals surface area contributed by atoms with Gasteiger partial charge in [-0.25, -0.2) is 0 Å². The Morgan fingerprint density at radius 3 is 2.71 bits per heavy atom. The van der Waals surface area contributed by atoms with Gasteiger partial charge >= 0.3 is 0 Å². The number of nitrogens with one attached hydrogen (secondary N) is 1. The normalized spacial score (nSPS) is 10.2. The second kappa shape index (κ2) is 6.79. The van der Waals surface area contributed by atoms with Crippen molar-refractivity contribution in [3.05, 3.63) is 53.6 Å². The Morgan fingerprint density at radius 2 is 2.00 bits per heavy atom. The van der Waals surface area contributed by atoms with E-state index in [0.717, 1.165) is 11.3 Å². The largest absolute Gasteiger partial charge is 0.493 e. The first-order valence-corrected chi connectivity index (χ1v) is 6.90. The summed E-state index contributed by atoms with van der Waals surface area (Å²) in [4.78, 5) is 11.8. The molecule has 0 aliphatic heterocycles. The Labute approximate surface area is 124 Å². The van der Waals surface area contributed by atoms with Crippen LogP contribution in [0.2, 0.25) is 0 Å². The van der Waals surface area contributed by atoms with E-state index in [9.17, 15) is 4.79 Å². The molecule has 1 amide bonds. The second-order valence-corrected chi connectivity index (χ2v) is 5.04. The fourth-order valence-corrected chi connectivity index (χ4v) is 2.05. The number of amides is 1. The Morgan fingerprint density at radius 1 is 1.19 bits per heavy atom. The van der Waals surface area contributed by atoms with E-state index in [-0.39, 0.29) is 5.91 Å². The number of ether oxygens (including phenoxy) is 1. The quantitative estimate of drug-likeness (QED) is 0.828. The molecule has 0 spiro atoms. The van der Waals surface area contributed by atoms with Crippen LogP contribution >= 0.6 is 0 Å². The SMILES string of the molecule is Cc1ccc(OCCC(=O)Nc2cccc(N)c2)c(C)c1. The van der Waals surface area contributed by atoms with Crippen molar-refractivity contribution in [3.8, 4) is 5.75 Å². The van der Waals surface area contributed by atoms with E-state index < -0.39 is 0 Å². The maximum Gasteiger partial charge on any atom is 0.227 e. The first-order chi connectivity index (χ1) is 10.0. The highest BCUT2D eigenvalue weighted by molar-refractivity contribution is 5.91. The summed E-state index contributed by atoms with van der Waals surface area (Å²) in [5.41, 5.74) is 9.26. The first-order valence-electron chi connectivity index (χ1n) is 6.90. The molecule has 0 atom stereocenters. The van der Waals surface area contributed by atoms with Gasteiger partial charge in [-0.1, -0.05) is 23.8 Å². The molecular weight excluding hydrogens is 264 g/mol. The lowest BCUT2D eigenvalue weighted by Gasteiger charge is -2.10. The van der Waals surface area contributed by atoms with Crippen LogP contribution in [-0.2, 0) is 4.79 Å². The van der Waals surface area contributed by atoms with Gasteiger partial charge in [-0.3, -0.25) is 4.79 Å². The van der Waals surface area contributed by atoms with Gasteiger partial charge in [0, 0.05) is 11.4 Å². The minimum atomic E-state index is -0.0923. The van der Waals surface area contributed by atoms with Crippen molar-refractivity contribution in [2.24, 2.45) is 0 Å². The van der Waals surface area contributed by atoms with E-state index in [4.69, 9.17) is 10.5 Å². The number of nitrogens with two attached hydrogens (primary N) is 1. The number of nitrogen functional groups attached to an aromatic ring is 1. The van der Waals surface area contributed by atoms with Gasteiger partial charge in [0.15, 0.2) is 0 Å². The zero-order valence-electron chi connectivity index (χ0n) is 12.3. The molecule has 0 fully saturated rings. The molecule has 4 heteroatoms. The maximum absolute atomic E-state index is 11.8. The van der Waals surface area contributed by atoms with Crippen molar-refractivity contribution in [2.45, 2.75) is 20.3 Å². The van der Waals surface area contributed by atoms with E-state index in [1.807, 2.05) is 26.0 Å². The van der Waals surface area contributed by atoms with Crippen LogP contribution in [0.3, 0.4) is 0 Å². The molecule has 0 saturated heterocycles. The van der Waals surface area contributed by atoms with Crippen molar-refractivity contribution < 1.29 is 9.53 Å². The fourth-order valence-electron chi connectivity index (χ4n) is 2.05. The molecule has 0 aliphatic carbocycles. The van der Waals surface area contributed by atoms with Gasteiger partial charge in [0.2, 0.25) is 5.91 Å². The van der Waals surface area contributed by atoms with E-state index in [2.05, 4.69) is 11.4 Å². The number of hydrogen-bond acceptors (Lipinski definition) is 3. The van der Waals surface area contributed by atoms with Crippen LogP contribution in [0.5, 0.6) is 5.75 Å². The highest BCUT2D eigenvalue weighted by Crippen LogP contribution is 2.19. The van der Waals surface area contributed by atoms with Gasteiger partial charge in [0.1, 0.15) is 5.75 Å². The highest BCUT2D eigenvalue weighted by atomic mass is 16.5. The summed E-state index contributed by atoms with van der Waals surface area (Å²) in [5, 5.41) is 2.79. The van der Waals surface area contributed by atoms with Crippen molar-refractivity contribution in [2.75, 3.05) is 17.7 Å². The molecule has 2 aromatic rings.